The van der Waals surface area contributed by atoms with Crippen LogP contribution in [0.2, 0.25) is 0 Å². The van der Waals surface area contributed by atoms with Crippen molar-refractivity contribution < 1.29 is 4.39 Å². The molecule has 1 saturated carbocycles. The third-order valence-corrected chi connectivity index (χ3v) is 5.11. The molecule has 1 heterocycles. The van der Waals surface area contributed by atoms with Crippen molar-refractivity contribution in [2.24, 2.45) is 4.99 Å². The van der Waals surface area contributed by atoms with E-state index in [4.69, 9.17) is 4.99 Å². The highest BCUT2D eigenvalue weighted by Gasteiger charge is 2.36. The second kappa shape index (κ2) is 5.16. The quantitative estimate of drug-likeness (QED) is 0.825. The Hall–Kier alpha value is -1.03. The first kappa shape index (κ1) is 13.0. The summed E-state index contributed by atoms with van der Waals surface area (Å²) in [6, 6.07) is 5.13. The fraction of sp³-hybridized carbons (Fsp3) is 0.533. The van der Waals surface area contributed by atoms with Gasteiger partial charge >= 0.3 is 0 Å². The number of aliphatic imine (C=N–C) groups is 1. The molecule has 19 heavy (non-hydrogen) atoms. The first-order valence-electron chi connectivity index (χ1n) is 6.93. The third kappa shape index (κ3) is 2.78. The summed E-state index contributed by atoms with van der Waals surface area (Å²) in [5.74, 6) is 0.835. The molecule has 1 aromatic rings. The van der Waals surface area contributed by atoms with Crippen LogP contribution >= 0.6 is 11.8 Å². The molecule has 2 nitrogen and oxygen atoms in total. The summed E-state index contributed by atoms with van der Waals surface area (Å²) in [6.07, 6.45) is 6.24. The fourth-order valence-corrected chi connectivity index (χ4v) is 4.06. The highest BCUT2D eigenvalue weighted by molar-refractivity contribution is 8.14. The number of nitrogens with zero attached hydrogens (tertiary/aromatic N) is 1. The van der Waals surface area contributed by atoms with Gasteiger partial charge in [-0.2, -0.15) is 0 Å². The lowest BCUT2D eigenvalue weighted by Crippen LogP contribution is -2.29. The zero-order valence-corrected chi connectivity index (χ0v) is 12.0. The molecule has 0 atom stereocenters. The molecule has 0 bridgehead atoms. The van der Waals surface area contributed by atoms with Crippen LogP contribution in [0, 0.1) is 12.7 Å². The van der Waals surface area contributed by atoms with Crippen molar-refractivity contribution in [2.75, 3.05) is 11.1 Å². The van der Waals surface area contributed by atoms with E-state index < -0.39 is 0 Å². The smallest absolute Gasteiger partial charge is 0.161 e. The van der Waals surface area contributed by atoms with Crippen LogP contribution in [0.1, 0.15) is 37.7 Å². The van der Waals surface area contributed by atoms with Gasteiger partial charge in [-0.25, -0.2) is 4.39 Å². The minimum Gasteiger partial charge on any atom is -0.333 e. The number of anilines is 1. The summed E-state index contributed by atoms with van der Waals surface area (Å²) in [5, 5.41) is 4.04. The molecule has 1 aliphatic heterocycles. The van der Waals surface area contributed by atoms with Gasteiger partial charge in [0.15, 0.2) is 5.17 Å². The molecule has 0 saturated heterocycles. The van der Waals surface area contributed by atoms with Crippen molar-refractivity contribution in [2.45, 2.75) is 44.6 Å². The largest absolute Gasteiger partial charge is 0.333 e. The van der Waals surface area contributed by atoms with Crippen molar-refractivity contribution in [3.63, 3.8) is 0 Å². The number of halogens is 1. The van der Waals surface area contributed by atoms with Crippen molar-refractivity contribution in [1.82, 2.24) is 0 Å². The van der Waals surface area contributed by atoms with Gasteiger partial charge in [0.25, 0.3) is 0 Å². The lowest BCUT2D eigenvalue weighted by Gasteiger charge is -2.29. The van der Waals surface area contributed by atoms with Crippen LogP contribution in [0.4, 0.5) is 10.1 Å². The Bertz CT molecular complexity index is 507. The molecule has 1 spiro atoms. The standard InChI is InChI=1S/C15H19FN2S/c1-11-5-6-12(16)13(9-11)17-14-18-15(10-19-14)7-3-2-4-8-15/h5-6,9H,2-4,7-8,10H2,1H3,(H,17,18). The molecule has 2 aliphatic rings. The van der Waals surface area contributed by atoms with Crippen molar-refractivity contribution in [1.29, 1.82) is 0 Å². The van der Waals surface area contributed by atoms with Gasteiger partial charge in [0, 0.05) is 5.75 Å². The van der Waals surface area contributed by atoms with Crippen molar-refractivity contribution >= 4 is 22.6 Å². The summed E-state index contributed by atoms with van der Waals surface area (Å²) in [4.78, 5) is 4.85. The number of hydrogen-bond acceptors (Lipinski definition) is 3. The first-order valence-corrected chi connectivity index (χ1v) is 7.91. The molecular formula is C15H19FN2S. The molecule has 1 fully saturated rings. The van der Waals surface area contributed by atoms with Crippen molar-refractivity contribution in [3.8, 4) is 0 Å². The second-order valence-corrected chi connectivity index (χ2v) is 6.56. The Balaban J connectivity index is 1.77. The van der Waals surface area contributed by atoms with E-state index in [9.17, 15) is 4.39 Å². The molecule has 0 radical (unpaired) electrons. The van der Waals surface area contributed by atoms with Crippen LogP contribution in [-0.4, -0.2) is 16.5 Å². The van der Waals surface area contributed by atoms with E-state index in [-0.39, 0.29) is 11.4 Å². The molecule has 4 heteroatoms. The highest BCUT2D eigenvalue weighted by Crippen LogP contribution is 2.40. The molecule has 0 unspecified atom stereocenters. The van der Waals surface area contributed by atoms with Crippen LogP contribution in [0.25, 0.3) is 0 Å². The van der Waals surface area contributed by atoms with Gasteiger partial charge in [0.1, 0.15) is 5.82 Å². The highest BCUT2D eigenvalue weighted by atomic mass is 32.2. The van der Waals surface area contributed by atoms with Crippen LogP contribution < -0.4 is 5.32 Å². The van der Waals surface area contributed by atoms with E-state index in [1.165, 1.54) is 38.2 Å². The third-order valence-electron chi connectivity index (χ3n) is 3.96. The topological polar surface area (TPSA) is 24.4 Å². The summed E-state index contributed by atoms with van der Waals surface area (Å²) in [5.41, 5.74) is 1.73. The number of rotatable bonds is 1. The Morgan fingerprint density at radius 2 is 2.05 bits per heavy atom. The number of aryl methyl sites for hydroxylation is 1. The predicted molar refractivity (Wildman–Crippen MR) is 80.5 cm³/mol. The number of hydrogen-bond donors (Lipinski definition) is 1. The normalized spacial score (nSPS) is 21.5. The molecule has 0 amide bonds. The summed E-state index contributed by atoms with van der Waals surface area (Å²) in [7, 11) is 0. The van der Waals surface area contributed by atoms with Gasteiger partial charge < -0.3 is 5.32 Å². The van der Waals surface area contributed by atoms with E-state index in [1.807, 2.05) is 13.0 Å². The average molecular weight is 278 g/mol. The summed E-state index contributed by atoms with van der Waals surface area (Å²) < 4.78 is 13.7. The molecule has 1 aliphatic carbocycles. The zero-order chi connectivity index (χ0) is 13.3. The van der Waals surface area contributed by atoms with Gasteiger partial charge in [0.2, 0.25) is 0 Å². The maximum Gasteiger partial charge on any atom is 0.161 e. The second-order valence-electron chi connectivity index (χ2n) is 5.60. The molecule has 3 rings (SSSR count). The number of nitrogens with one attached hydrogen (secondary N) is 1. The number of benzene rings is 1. The average Bonchev–Trinajstić information content (AvgIpc) is 2.78. The maximum atomic E-state index is 13.7. The van der Waals surface area contributed by atoms with Crippen LogP contribution in [-0.2, 0) is 0 Å². The lowest BCUT2D eigenvalue weighted by molar-refractivity contribution is 0.335. The zero-order valence-electron chi connectivity index (χ0n) is 11.2. The molecule has 1 aromatic carbocycles. The van der Waals surface area contributed by atoms with E-state index in [0.717, 1.165) is 16.5 Å². The SMILES string of the molecule is Cc1ccc(F)c(NC2=NC3(CCCCC3)CS2)c1. The Labute approximate surface area is 117 Å². The van der Waals surface area contributed by atoms with Gasteiger partial charge in [-0.05, 0) is 37.5 Å². The van der Waals surface area contributed by atoms with Crippen LogP contribution in [0.5, 0.6) is 0 Å². The van der Waals surface area contributed by atoms with Crippen LogP contribution in [0.3, 0.4) is 0 Å². The van der Waals surface area contributed by atoms with E-state index in [1.54, 1.807) is 17.8 Å². The minimum atomic E-state index is -0.210. The van der Waals surface area contributed by atoms with Crippen LogP contribution in [0.15, 0.2) is 23.2 Å². The monoisotopic (exact) mass is 278 g/mol. The Morgan fingerprint density at radius 1 is 1.26 bits per heavy atom. The first-order chi connectivity index (χ1) is 9.17. The number of amidine groups is 1. The molecule has 0 aromatic heterocycles. The van der Waals surface area contributed by atoms with E-state index >= 15 is 0 Å². The van der Waals surface area contributed by atoms with Gasteiger partial charge in [-0.1, -0.05) is 37.1 Å². The summed E-state index contributed by atoms with van der Waals surface area (Å²) in [6.45, 7) is 1.97. The van der Waals surface area contributed by atoms with Crippen molar-refractivity contribution in [3.05, 3.63) is 29.6 Å². The lowest BCUT2D eigenvalue weighted by atomic mass is 9.84. The molecule has 1 N–H and O–H groups in total. The number of thioether (sulfide) groups is 1. The maximum absolute atomic E-state index is 13.7. The Morgan fingerprint density at radius 3 is 2.84 bits per heavy atom. The Kier molecular flexibility index (Phi) is 3.52. The fourth-order valence-electron chi connectivity index (χ4n) is 2.86. The molecular weight excluding hydrogens is 259 g/mol. The van der Waals surface area contributed by atoms with Gasteiger partial charge in [-0.3, -0.25) is 4.99 Å². The summed E-state index contributed by atoms with van der Waals surface area (Å²) >= 11 is 1.73. The molecule has 102 valence electrons. The predicted octanol–water partition coefficient (Wildman–Crippen LogP) is 4.35. The van der Waals surface area contributed by atoms with E-state index in [0.29, 0.717) is 5.69 Å². The van der Waals surface area contributed by atoms with E-state index in [2.05, 4.69) is 5.32 Å². The van der Waals surface area contributed by atoms with Gasteiger partial charge in [-0.15, -0.1) is 0 Å². The minimum absolute atomic E-state index is 0.131. The van der Waals surface area contributed by atoms with Gasteiger partial charge in [0.05, 0.1) is 11.2 Å².